The fourth-order valence-electron chi connectivity index (χ4n) is 2.26. The molecule has 2 aromatic rings. The molecule has 0 spiro atoms. The molecule has 0 aliphatic carbocycles. The van der Waals surface area contributed by atoms with Crippen molar-refractivity contribution < 1.29 is 28.7 Å². The fraction of sp³-hybridized carbons (Fsp3) is 0.222. The molecule has 0 aliphatic rings. The van der Waals surface area contributed by atoms with E-state index in [0.717, 1.165) is 0 Å². The van der Waals surface area contributed by atoms with Crippen LogP contribution in [0.4, 0.5) is 5.69 Å². The minimum absolute atomic E-state index is 0.0709. The van der Waals surface area contributed by atoms with E-state index in [4.69, 9.17) is 14.2 Å². The van der Waals surface area contributed by atoms with E-state index >= 15 is 0 Å². The second-order valence-corrected chi connectivity index (χ2v) is 5.31. The van der Waals surface area contributed by atoms with Crippen LogP contribution in [0.1, 0.15) is 11.1 Å². The molecule has 136 valence electrons. The van der Waals surface area contributed by atoms with Gasteiger partial charge in [0, 0.05) is 6.07 Å². The van der Waals surface area contributed by atoms with Gasteiger partial charge in [-0.15, -0.1) is 0 Å². The van der Waals surface area contributed by atoms with Gasteiger partial charge in [0.05, 0.1) is 32.0 Å². The number of nitro groups is 1. The van der Waals surface area contributed by atoms with Crippen LogP contribution in [0.2, 0.25) is 0 Å². The summed E-state index contributed by atoms with van der Waals surface area (Å²) in [6.07, 6.45) is -0.336. The van der Waals surface area contributed by atoms with Gasteiger partial charge < -0.3 is 14.2 Å². The lowest BCUT2D eigenvalue weighted by Gasteiger charge is -2.06. The van der Waals surface area contributed by atoms with Gasteiger partial charge in [0.1, 0.15) is 5.75 Å². The van der Waals surface area contributed by atoms with Gasteiger partial charge in [-0.2, -0.15) is 0 Å². The summed E-state index contributed by atoms with van der Waals surface area (Å²) >= 11 is 0. The molecule has 2 rings (SSSR count). The highest BCUT2D eigenvalue weighted by molar-refractivity contribution is 5.87. The monoisotopic (exact) mass is 359 g/mol. The number of nitro benzene ring substituents is 1. The summed E-state index contributed by atoms with van der Waals surface area (Å²) in [5.41, 5.74) is 0.755. The van der Waals surface area contributed by atoms with Gasteiger partial charge in [-0.1, -0.05) is 18.2 Å². The van der Waals surface area contributed by atoms with Crippen LogP contribution in [0, 0.1) is 10.1 Å². The number of carbonyl (C=O) groups is 2. The Morgan fingerprint density at radius 2 is 1.50 bits per heavy atom. The SMILES string of the molecule is COc1ccc(CC(=O)OC(=O)Cc2ccc(OC)c([N+](=O)[O-])c2)cc1. The van der Waals surface area contributed by atoms with Crippen molar-refractivity contribution in [3.8, 4) is 11.5 Å². The summed E-state index contributed by atoms with van der Waals surface area (Å²) in [5.74, 6) is -0.756. The minimum atomic E-state index is -0.789. The van der Waals surface area contributed by atoms with E-state index in [1.165, 1.54) is 32.4 Å². The maximum Gasteiger partial charge on any atom is 0.317 e. The van der Waals surface area contributed by atoms with Crippen LogP contribution in [0.25, 0.3) is 0 Å². The van der Waals surface area contributed by atoms with Crippen molar-refractivity contribution >= 4 is 17.6 Å². The zero-order chi connectivity index (χ0) is 19.1. The van der Waals surface area contributed by atoms with Crippen molar-refractivity contribution in [2.45, 2.75) is 12.8 Å². The molecule has 8 nitrogen and oxygen atoms in total. The Balaban J connectivity index is 1.96. The molecular formula is C18H17NO7. The van der Waals surface area contributed by atoms with Gasteiger partial charge in [0.15, 0.2) is 5.75 Å². The molecule has 0 heterocycles. The molecule has 0 N–H and O–H groups in total. The van der Waals surface area contributed by atoms with Crippen LogP contribution < -0.4 is 9.47 Å². The van der Waals surface area contributed by atoms with E-state index in [1.54, 1.807) is 24.3 Å². The fourth-order valence-corrected chi connectivity index (χ4v) is 2.26. The first-order chi connectivity index (χ1) is 12.4. The highest BCUT2D eigenvalue weighted by Crippen LogP contribution is 2.27. The summed E-state index contributed by atoms with van der Waals surface area (Å²) in [4.78, 5) is 34.1. The summed E-state index contributed by atoms with van der Waals surface area (Å²) in [5, 5.41) is 11.0. The molecule has 0 unspecified atom stereocenters. The highest BCUT2D eigenvalue weighted by atomic mass is 16.6. The van der Waals surface area contributed by atoms with Gasteiger partial charge in [-0.25, -0.2) is 0 Å². The number of esters is 2. The summed E-state index contributed by atoms with van der Waals surface area (Å²) in [7, 11) is 2.85. The van der Waals surface area contributed by atoms with Gasteiger partial charge in [-0.3, -0.25) is 19.7 Å². The number of carbonyl (C=O) groups excluding carboxylic acids is 2. The Bertz CT molecular complexity index is 815. The van der Waals surface area contributed by atoms with E-state index in [2.05, 4.69) is 0 Å². The van der Waals surface area contributed by atoms with Crippen molar-refractivity contribution in [1.29, 1.82) is 0 Å². The third kappa shape index (κ3) is 5.04. The van der Waals surface area contributed by atoms with Crippen LogP contribution in [-0.4, -0.2) is 31.1 Å². The first-order valence-corrected chi connectivity index (χ1v) is 7.60. The molecule has 0 radical (unpaired) electrons. The first kappa shape index (κ1) is 18.9. The lowest BCUT2D eigenvalue weighted by atomic mass is 10.1. The molecule has 0 saturated heterocycles. The molecule has 0 atom stereocenters. The molecule has 26 heavy (non-hydrogen) atoms. The Morgan fingerprint density at radius 1 is 0.923 bits per heavy atom. The predicted octanol–water partition coefficient (Wildman–Crippen LogP) is 2.47. The quantitative estimate of drug-likeness (QED) is 0.324. The molecule has 0 aromatic heterocycles. The summed E-state index contributed by atoms with van der Waals surface area (Å²) < 4.78 is 14.7. The van der Waals surface area contributed by atoms with E-state index in [1.807, 2.05) is 0 Å². The number of benzene rings is 2. The van der Waals surface area contributed by atoms with Crippen LogP contribution in [0.5, 0.6) is 11.5 Å². The topological polar surface area (TPSA) is 105 Å². The third-order valence-electron chi connectivity index (χ3n) is 3.52. The van der Waals surface area contributed by atoms with E-state index in [-0.39, 0.29) is 24.3 Å². The molecule has 0 amide bonds. The lowest BCUT2D eigenvalue weighted by Crippen LogP contribution is -2.16. The molecule has 0 saturated carbocycles. The number of hydrogen-bond donors (Lipinski definition) is 0. The zero-order valence-corrected chi connectivity index (χ0v) is 14.3. The highest BCUT2D eigenvalue weighted by Gasteiger charge is 2.18. The number of nitrogens with zero attached hydrogens (tertiary/aromatic N) is 1. The molecule has 0 bridgehead atoms. The first-order valence-electron chi connectivity index (χ1n) is 7.60. The van der Waals surface area contributed by atoms with Gasteiger partial charge in [-0.05, 0) is 29.3 Å². The van der Waals surface area contributed by atoms with Gasteiger partial charge in [0.25, 0.3) is 0 Å². The van der Waals surface area contributed by atoms with Crippen molar-refractivity contribution in [2.75, 3.05) is 14.2 Å². The smallest absolute Gasteiger partial charge is 0.317 e. The Morgan fingerprint density at radius 3 is 2.04 bits per heavy atom. The maximum atomic E-state index is 11.9. The van der Waals surface area contributed by atoms with Crippen LogP contribution in [0.15, 0.2) is 42.5 Å². The normalized spacial score (nSPS) is 10.1. The van der Waals surface area contributed by atoms with Crippen molar-refractivity contribution in [3.63, 3.8) is 0 Å². The molecule has 0 fully saturated rings. The van der Waals surface area contributed by atoms with E-state index < -0.39 is 16.9 Å². The maximum absolute atomic E-state index is 11.9. The minimum Gasteiger partial charge on any atom is -0.497 e. The van der Waals surface area contributed by atoms with Crippen LogP contribution >= 0.6 is 0 Å². The summed E-state index contributed by atoms with van der Waals surface area (Å²) in [6, 6.07) is 10.9. The van der Waals surface area contributed by atoms with E-state index in [0.29, 0.717) is 16.9 Å². The number of methoxy groups -OCH3 is 2. The second-order valence-electron chi connectivity index (χ2n) is 5.31. The van der Waals surface area contributed by atoms with Crippen molar-refractivity contribution in [3.05, 3.63) is 63.7 Å². The average Bonchev–Trinajstić information content (AvgIpc) is 2.62. The largest absolute Gasteiger partial charge is 0.497 e. The summed E-state index contributed by atoms with van der Waals surface area (Å²) in [6.45, 7) is 0. The number of rotatable bonds is 7. The molecule has 0 aliphatic heterocycles. The van der Waals surface area contributed by atoms with Crippen LogP contribution in [0.3, 0.4) is 0 Å². The Kier molecular flexibility index (Phi) is 6.26. The van der Waals surface area contributed by atoms with Crippen LogP contribution in [-0.2, 0) is 27.2 Å². The lowest BCUT2D eigenvalue weighted by molar-refractivity contribution is -0.385. The van der Waals surface area contributed by atoms with Crippen molar-refractivity contribution in [2.24, 2.45) is 0 Å². The average molecular weight is 359 g/mol. The zero-order valence-electron chi connectivity index (χ0n) is 14.3. The molecule has 8 heteroatoms. The van der Waals surface area contributed by atoms with Gasteiger partial charge in [0.2, 0.25) is 0 Å². The molecule has 2 aromatic carbocycles. The number of hydrogen-bond acceptors (Lipinski definition) is 7. The second kappa shape index (κ2) is 8.61. The Labute approximate surface area is 149 Å². The molecular weight excluding hydrogens is 342 g/mol. The van der Waals surface area contributed by atoms with Gasteiger partial charge >= 0.3 is 17.6 Å². The standard InChI is InChI=1S/C18H17NO7/c1-24-14-6-3-12(4-7-14)10-17(20)26-18(21)11-13-5-8-16(25-2)15(9-13)19(22)23/h3-9H,10-11H2,1-2H3. The predicted molar refractivity (Wildman–Crippen MR) is 91.1 cm³/mol. The Hall–Kier alpha value is -3.42. The third-order valence-corrected chi connectivity index (χ3v) is 3.52. The van der Waals surface area contributed by atoms with E-state index in [9.17, 15) is 19.7 Å². The number of ether oxygens (including phenoxy) is 3. The van der Waals surface area contributed by atoms with Crippen molar-refractivity contribution in [1.82, 2.24) is 0 Å².